The third kappa shape index (κ3) is 5.64. The van der Waals surface area contributed by atoms with Crippen LogP contribution in [0.4, 0.5) is 0 Å². The van der Waals surface area contributed by atoms with E-state index in [1.54, 1.807) is 48.7 Å². The molecule has 2 aromatic heterocycles. The number of carbonyl (C=O) groups excluding carboxylic acids is 1. The number of nitrogens with zero attached hydrogens (tertiary/aromatic N) is 3. The molecule has 3 atom stereocenters. The van der Waals surface area contributed by atoms with Gasteiger partial charge in [0.2, 0.25) is 5.88 Å². The van der Waals surface area contributed by atoms with Gasteiger partial charge in [0.1, 0.15) is 21.6 Å². The fourth-order valence-electron chi connectivity index (χ4n) is 4.20. The zero-order chi connectivity index (χ0) is 26.7. The maximum Gasteiger partial charge on any atom is 0.259 e. The Balaban J connectivity index is 1.72. The standard InChI is InChI=1S/C26H31N3O6S2/c1-17-14-29(18(2)16-30)26(31)22-12-20(19-7-5-8-21(11-19)34-4)13-27-25(22)35-23(17)15-28(3)37(32,33)24-9-6-10-36-24/h5-13,17-18,23,30H,14-16H2,1-4H3/t17-,18+,23-/m0/s1. The normalized spacial score (nSPS) is 19.1. The number of aliphatic hydroxyl groups excluding tert-OH is 1. The predicted molar refractivity (Wildman–Crippen MR) is 142 cm³/mol. The molecular weight excluding hydrogens is 514 g/mol. The molecule has 11 heteroatoms. The lowest BCUT2D eigenvalue weighted by Crippen LogP contribution is -2.50. The second-order valence-electron chi connectivity index (χ2n) is 9.15. The Hall–Kier alpha value is -2.99. The maximum absolute atomic E-state index is 13.7. The van der Waals surface area contributed by atoms with Gasteiger partial charge < -0.3 is 19.5 Å². The number of fused-ring (bicyclic) bond motifs is 1. The zero-order valence-electron chi connectivity index (χ0n) is 21.2. The van der Waals surface area contributed by atoms with Crippen molar-refractivity contribution in [1.29, 1.82) is 0 Å². The van der Waals surface area contributed by atoms with Crippen LogP contribution in [0.3, 0.4) is 0 Å². The Bertz CT molecular complexity index is 1350. The molecule has 0 saturated heterocycles. The van der Waals surface area contributed by atoms with Crippen LogP contribution in [0.15, 0.2) is 58.3 Å². The molecule has 3 heterocycles. The first-order valence-corrected chi connectivity index (χ1v) is 14.2. The number of aliphatic hydroxyl groups is 1. The van der Waals surface area contributed by atoms with Crippen LogP contribution in [-0.4, -0.2) is 79.6 Å². The minimum atomic E-state index is -3.69. The highest BCUT2D eigenvalue weighted by Crippen LogP contribution is 2.32. The van der Waals surface area contributed by atoms with E-state index < -0.39 is 22.2 Å². The SMILES string of the molecule is COc1cccc(-c2cnc3c(c2)C(=O)N([C@H](C)CO)C[C@H](C)[C@H](CN(C)S(=O)(=O)c2cccs2)O3)c1. The molecule has 1 aliphatic rings. The van der Waals surface area contributed by atoms with Crippen LogP contribution in [-0.2, 0) is 10.0 Å². The number of benzene rings is 1. The van der Waals surface area contributed by atoms with Crippen LogP contribution in [0.5, 0.6) is 11.6 Å². The first-order chi connectivity index (χ1) is 17.6. The molecule has 37 heavy (non-hydrogen) atoms. The maximum atomic E-state index is 13.7. The average molecular weight is 546 g/mol. The summed E-state index contributed by atoms with van der Waals surface area (Å²) in [5.74, 6) is 0.252. The van der Waals surface area contributed by atoms with Gasteiger partial charge in [0.15, 0.2) is 0 Å². The highest BCUT2D eigenvalue weighted by Gasteiger charge is 2.36. The van der Waals surface area contributed by atoms with E-state index in [4.69, 9.17) is 9.47 Å². The number of sulfonamides is 1. The van der Waals surface area contributed by atoms with Gasteiger partial charge in [-0.15, -0.1) is 11.3 Å². The van der Waals surface area contributed by atoms with Crippen LogP contribution in [0.25, 0.3) is 11.1 Å². The van der Waals surface area contributed by atoms with Gasteiger partial charge in [-0.05, 0) is 42.1 Å². The molecule has 1 N–H and O–H groups in total. The summed E-state index contributed by atoms with van der Waals surface area (Å²) in [6, 6.07) is 12.0. The fraction of sp³-hybridized carbons (Fsp3) is 0.385. The fourth-order valence-corrected chi connectivity index (χ4v) is 6.58. The molecule has 0 fully saturated rings. The molecular formula is C26H31N3O6S2. The number of aromatic nitrogens is 1. The number of hydrogen-bond donors (Lipinski definition) is 1. The number of rotatable bonds is 8. The zero-order valence-corrected chi connectivity index (χ0v) is 22.8. The quantitative estimate of drug-likeness (QED) is 0.462. The largest absolute Gasteiger partial charge is 0.497 e. The summed E-state index contributed by atoms with van der Waals surface area (Å²) in [6.45, 7) is 3.80. The minimum absolute atomic E-state index is 0.0652. The molecule has 0 saturated carbocycles. The third-order valence-corrected chi connectivity index (χ3v) is 9.72. The summed E-state index contributed by atoms with van der Waals surface area (Å²) in [7, 11) is -0.592. The van der Waals surface area contributed by atoms with E-state index in [0.717, 1.165) is 16.9 Å². The average Bonchev–Trinajstić information content (AvgIpc) is 3.46. The lowest BCUT2D eigenvalue weighted by molar-refractivity contribution is 0.0373. The van der Waals surface area contributed by atoms with Gasteiger partial charge in [0.05, 0.1) is 26.3 Å². The van der Waals surface area contributed by atoms with Crippen LogP contribution in [0.1, 0.15) is 24.2 Å². The topological polar surface area (TPSA) is 109 Å². The number of methoxy groups -OCH3 is 1. The smallest absolute Gasteiger partial charge is 0.259 e. The van der Waals surface area contributed by atoms with Gasteiger partial charge in [-0.2, -0.15) is 4.31 Å². The lowest BCUT2D eigenvalue weighted by Gasteiger charge is -2.37. The molecule has 9 nitrogen and oxygen atoms in total. The first-order valence-electron chi connectivity index (χ1n) is 11.9. The Morgan fingerprint density at radius 1 is 1.27 bits per heavy atom. The van der Waals surface area contributed by atoms with Gasteiger partial charge in [-0.25, -0.2) is 13.4 Å². The molecule has 3 aromatic rings. The molecule has 0 unspecified atom stereocenters. The van der Waals surface area contributed by atoms with Crippen molar-refractivity contribution < 1.29 is 27.8 Å². The number of carbonyl (C=O) groups is 1. The Labute approximate surface area is 221 Å². The number of pyridine rings is 1. The van der Waals surface area contributed by atoms with Gasteiger partial charge in [0, 0.05) is 31.3 Å². The molecule has 1 aliphatic heterocycles. The van der Waals surface area contributed by atoms with Crippen molar-refractivity contribution in [1.82, 2.24) is 14.2 Å². The highest BCUT2D eigenvalue weighted by atomic mass is 32.2. The van der Waals surface area contributed by atoms with E-state index >= 15 is 0 Å². The molecule has 0 spiro atoms. The minimum Gasteiger partial charge on any atom is -0.497 e. The van der Waals surface area contributed by atoms with Crippen LogP contribution in [0, 0.1) is 5.92 Å². The van der Waals surface area contributed by atoms with Crippen molar-refractivity contribution in [2.75, 3.05) is 33.9 Å². The second kappa shape index (κ2) is 11.2. The number of ether oxygens (including phenoxy) is 2. The monoisotopic (exact) mass is 545 g/mol. The summed E-state index contributed by atoms with van der Waals surface area (Å²) in [4.78, 5) is 19.7. The van der Waals surface area contributed by atoms with Crippen molar-refractivity contribution >= 4 is 27.3 Å². The van der Waals surface area contributed by atoms with Gasteiger partial charge >= 0.3 is 0 Å². The number of likely N-dealkylation sites (N-methyl/N-ethyl adjacent to an activating group) is 1. The predicted octanol–water partition coefficient (Wildman–Crippen LogP) is 3.36. The van der Waals surface area contributed by atoms with E-state index in [-0.39, 0.29) is 47.2 Å². The van der Waals surface area contributed by atoms with E-state index in [1.807, 2.05) is 31.2 Å². The van der Waals surface area contributed by atoms with Crippen LogP contribution in [0.2, 0.25) is 0 Å². The lowest BCUT2D eigenvalue weighted by atomic mass is 9.99. The molecule has 0 radical (unpaired) electrons. The first kappa shape index (κ1) is 27.1. The van der Waals surface area contributed by atoms with E-state index in [2.05, 4.69) is 4.98 Å². The Morgan fingerprint density at radius 2 is 2.05 bits per heavy atom. The summed E-state index contributed by atoms with van der Waals surface area (Å²) in [5, 5.41) is 11.6. The van der Waals surface area contributed by atoms with Crippen molar-refractivity contribution in [2.24, 2.45) is 5.92 Å². The summed E-state index contributed by atoms with van der Waals surface area (Å²) < 4.78 is 39.2. The molecule has 4 rings (SSSR count). The Morgan fingerprint density at radius 3 is 2.73 bits per heavy atom. The molecule has 0 bridgehead atoms. The van der Waals surface area contributed by atoms with E-state index in [9.17, 15) is 18.3 Å². The number of amides is 1. The summed E-state index contributed by atoms with van der Waals surface area (Å²) >= 11 is 1.15. The van der Waals surface area contributed by atoms with Gasteiger partial charge in [0.25, 0.3) is 15.9 Å². The summed E-state index contributed by atoms with van der Waals surface area (Å²) in [5.41, 5.74) is 1.77. The third-order valence-electron chi connectivity index (χ3n) is 6.52. The molecule has 198 valence electrons. The van der Waals surface area contributed by atoms with Crippen molar-refractivity contribution in [2.45, 2.75) is 30.2 Å². The second-order valence-corrected chi connectivity index (χ2v) is 12.4. The molecule has 1 aromatic carbocycles. The number of hydrogen-bond acceptors (Lipinski definition) is 8. The van der Waals surface area contributed by atoms with Crippen molar-refractivity contribution in [3.8, 4) is 22.8 Å². The highest BCUT2D eigenvalue weighted by molar-refractivity contribution is 7.91. The van der Waals surface area contributed by atoms with Gasteiger partial charge in [-0.3, -0.25) is 4.79 Å². The number of thiophene rings is 1. The molecule has 0 aliphatic carbocycles. The Kier molecular flexibility index (Phi) is 8.17. The molecule has 1 amide bonds. The van der Waals surface area contributed by atoms with Crippen LogP contribution < -0.4 is 9.47 Å². The van der Waals surface area contributed by atoms with Crippen molar-refractivity contribution in [3.05, 3.63) is 59.6 Å². The van der Waals surface area contributed by atoms with E-state index in [1.165, 1.54) is 11.4 Å². The van der Waals surface area contributed by atoms with Crippen LogP contribution >= 0.6 is 11.3 Å². The van der Waals surface area contributed by atoms with E-state index in [0.29, 0.717) is 11.3 Å². The van der Waals surface area contributed by atoms with Crippen molar-refractivity contribution in [3.63, 3.8) is 0 Å². The van der Waals surface area contributed by atoms with Gasteiger partial charge in [-0.1, -0.05) is 25.1 Å². The summed E-state index contributed by atoms with van der Waals surface area (Å²) in [6.07, 6.45) is 1.03.